The van der Waals surface area contributed by atoms with Crippen LogP contribution in [0.15, 0.2) is 47.0 Å². The normalized spacial score (nSPS) is 13.9. The molecule has 4 nitrogen and oxygen atoms in total. The molecule has 0 aliphatic carbocycles. The van der Waals surface area contributed by atoms with E-state index in [0.717, 1.165) is 29.8 Å². The van der Waals surface area contributed by atoms with E-state index in [1.54, 1.807) is 6.07 Å². The number of halogens is 4. The Morgan fingerprint density at radius 3 is 2.58 bits per heavy atom. The van der Waals surface area contributed by atoms with E-state index in [0.29, 0.717) is 24.5 Å². The lowest BCUT2D eigenvalue weighted by molar-refractivity contribution is -0.137. The molecule has 0 amide bonds. The van der Waals surface area contributed by atoms with E-state index in [1.807, 2.05) is 4.90 Å². The fraction of sp³-hybridized carbons (Fsp3) is 0.222. The zero-order chi connectivity index (χ0) is 18.3. The number of nitrogens with zero attached hydrogens (tertiary/aromatic N) is 3. The molecule has 2 aromatic carbocycles. The summed E-state index contributed by atoms with van der Waals surface area (Å²) in [6, 6.07) is 9.21. The van der Waals surface area contributed by atoms with E-state index >= 15 is 0 Å². The third-order valence-electron chi connectivity index (χ3n) is 4.30. The summed E-state index contributed by atoms with van der Waals surface area (Å²) in [5, 5.41) is 3.83. The second kappa shape index (κ2) is 6.12. The number of hydrogen-bond donors (Lipinski definition) is 0. The van der Waals surface area contributed by atoms with Gasteiger partial charge in [0.25, 0.3) is 0 Å². The van der Waals surface area contributed by atoms with Crippen molar-refractivity contribution in [1.82, 2.24) is 10.1 Å². The first kappa shape index (κ1) is 16.6. The highest BCUT2D eigenvalue weighted by Crippen LogP contribution is 2.31. The van der Waals surface area contributed by atoms with Crippen molar-refractivity contribution in [3.05, 3.63) is 65.3 Å². The summed E-state index contributed by atoms with van der Waals surface area (Å²) in [6.45, 7) is 1.01. The molecule has 8 heteroatoms. The Balaban J connectivity index is 1.52. The third kappa shape index (κ3) is 3.14. The first-order valence-corrected chi connectivity index (χ1v) is 7.94. The second-order valence-electron chi connectivity index (χ2n) is 6.03. The number of benzene rings is 2. The van der Waals surface area contributed by atoms with Gasteiger partial charge in [-0.05, 0) is 36.2 Å². The molecule has 1 aliphatic rings. The molecule has 2 heterocycles. The fourth-order valence-corrected chi connectivity index (χ4v) is 2.99. The zero-order valence-corrected chi connectivity index (χ0v) is 13.4. The van der Waals surface area contributed by atoms with Gasteiger partial charge in [0.05, 0.1) is 12.1 Å². The molecular formula is C18H13F4N3O. The minimum absolute atomic E-state index is 0.215. The van der Waals surface area contributed by atoms with Gasteiger partial charge >= 0.3 is 6.18 Å². The SMILES string of the molecule is Fc1ccc2c(c1)N(Cc1nc(-c3ccc(C(F)(F)F)cc3)no1)CC2. The lowest BCUT2D eigenvalue weighted by atomic mass is 10.1. The number of fused-ring (bicyclic) bond motifs is 1. The Morgan fingerprint density at radius 1 is 1.08 bits per heavy atom. The molecule has 0 saturated heterocycles. The van der Waals surface area contributed by atoms with Gasteiger partial charge in [-0.25, -0.2) is 4.39 Å². The fourth-order valence-electron chi connectivity index (χ4n) is 2.99. The van der Waals surface area contributed by atoms with E-state index < -0.39 is 11.7 Å². The molecule has 134 valence electrons. The van der Waals surface area contributed by atoms with Crippen LogP contribution in [0.3, 0.4) is 0 Å². The molecular weight excluding hydrogens is 350 g/mol. The minimum atomic E-state index is -4.39. The summed E-state index contributed by atoms with van der Waals surface area (Å²) in [5.74, 6) is 0.219. The van der Waals surface area contributed by atoms with Crippen LogP contribution in [0.1, 0.15) is 17.0 Å². The summed E-state index contributed by atoms with van der Waals surface area (Å²) in [5.41, 5.74) is 1.54. The molecule has 26 heavy (non-hydrogen) atoms. The van der Waals surface area contributed by atoms with Crippen LogP contribution >= 0.6 is 0 Å². The third-order valence-corrected chi connectivity index (χ3v) is 4.30. The van der Waals surface area contributed by atoms with E-state index in [4.69, 9.17) is 4.52 Å². The van der Waals surface area contributed by atoms with Crippen LogP contribution < -0.4 is 4.90 Å². The van der Waals surface area contributed by atoms with Gasteiger partial charge in [-0.15, -0.1) is 0 Å². The van der Waals surface area contributed by atoms with Gasteiger partial charge < -0.3 is 9.42 Å². The zero-order valence-electron chi connectivity index (χ0n) is 13.4. The highest BCUT2D eigenvalue weighted by Gasteiger charge is 2.30. The van der Waals surface area contributed by atoms with Gasteiger partial charge in [0.1, 0.15) is 5.82 Å². The lowest BCUT2D eigenvalue weighted by Gasteiger charge is -2.16. The molecule has 0 unspecified atom stereocenters. The Labute approximate surface area is 146 Å². The van der Waals surface area contributed by atoms with E-state index in [9.17, 15) is 17.6 Å². The van der Waals surface area contributed by atoms with Crippen LogP contribution in [0.5, 0.6) is 0 Å². The smallest absolute Gasteiger partial charge is 0.362 e. The molecule has 1 aliphatic heterocycles. The minimum Gasteiger partial charge on any atom is -0.362 e. The van der Waals surface area contributed by atoms with Crippen molar-refractivity contribution in [2.24, 2.45) is 0 Å². The first-order chi connectivity index (χ1) is 12.4. The van der Waals surface area contributed by atoms with Crippen LogP contribution in [0.4, 0.5) is 23.2 Å². The van der Waals surface area contributed by atoms with Gasteiger partial charge in [-0.3, -0.25) is 0 Å². The van der Waals surface area contributed by atoms with Gasteiger partial charge in [-0.1, -0.05) is 23.4 Å². The number of alkyl halides is 3. The van der Waals surface area contributed by atoms with E-state index in [-0.39, 0.29) is 11.6 Å². The largest absolute Gasteiger partial charge is 0.416 e. The van der Waals surface area contributed by atoms with Crippen LogP contribution in [-0.2, 0) is 19.1 Å². The Bertz CT molecular complexity index is 934. The number of rotatable bonds is 3. The highest BCUT2D eigenvalue weighted by molar-refractivity contribution is 5.58. The molecule has 0 saturated carbocycles. The van der Waals surface area contributed by atoms with Crippen LogP contribution in [0, 0.1) is 5.82 Å². The predicted octanol–water partition coefficient (Wildman–Crippen LogP) is 4.46. The summed E-state index contributed by atoms with van der Waals surface area (Å²) in [4.78, 5) is 6.17. The average Bonchev–Trinajstić information content (AvgIpc) is 3.22. The summed E-state index contributed by atoms with van der Waals surface area (Å²) < 4.78 is 56.5. The molecule has 4 rings (SSSR count). The molecule has 0 spiro atoms. The maximum Gasteiger partial charge on any atom is 0.416 e. The Kier molecular flexibility index (Phi) is 3.90. The standard InChI is InChI=1S/C18H13F4N3O/c19-14-6-3-11-7-8-25(15(11)9-14)10-16-23-17(24-26-16)12-1-4-13(5-2-12)18(20,21)22/h1-6,9H,7-8,10H2. The Hall–Kier alpha value is -2.90. The van der Waals surface area contributed by atoms with Crippen LogP contribution in [-0.4, -0.2) is 16.7 Å². The second-order valence-corrected chi connectivity index (χ2v) is 6.03. The summed E-state index contributed by atoms with van der Waals surface area (Å²) in [7, 11) is 0. The quantitative estimate of drug-likeness (QED) is 0.645. The van der Waals surface area contributed by atoms with E-state index in [2.05, 4.69) is 10.1 Å². The summed E-state index contributed by atoms with van der Waals surface area (Å²) in [6.07, 6.45) is -3.59. The number of aromatic nitrogens is 2. The maximum atomic E-state index is 13.5. The van der Waals surface area contributed by atoms with Crippen molar-refractivity contribution in [3.63, 3.8) is 0 Å². The van der Waals surface area contributed by atoms with Gasteiger partial charge in [0.15, 0.2) is 0 Å². The molecule has 0 bridgehead atoms. The first-order valence-electron chi connectivity index (χ1n) is 7.94. The number of hydrogen-bond acceptors (Lipinski definition) is 4. The van der Waals surface area contributed by atoms with Crippen molar-refractivity contribution in [3.8, 4) is 11.4 Å². The van der Waals surface area contributed by atoms with Crippen LogP contribution in [0.25, 0.3) is 11.4 Å². The van der Waals surface area contributed by atoms with Gasteiger partial charge in [-0.2, -0.15) is 18.2 Å². The molecule has 0 radical (unpaired) electrons. The predicted molar refractivity (Wildman–Crippen MR) is 85.9 cm³/mol. The maximum absolute atomic E-state index is 13.5. The monoisotopic (exact) mass is 363 g/mol. The average molecular weight is 363 g/mol. The van der Waals surface area contributed by atoms with Crippen molar-refractivity contribution in [2.45, 2.75) is 19.1 Å². The Morgan fingerprint density at radius 2 is 1.85 bits per heavy atom. The van der Waals surface area contributed by atoms with Gasteiger partial charge in [0, 0.05) is 17.8 Å². The number of anilines is 1. The molecule has 0 fully saturated rings. The van der Waals surface area contributed by atoms with E-state index in [1.165, 1.54) is 24.3 Å². The molecule has 0 atom stereocenters. The van der Waals surface area contributed by atoms with Crippen molar-refractivity contribution >= 4 is 5.69 Å². The molecule has 0 N–H and O–H groups in total. The highest BCUT2D eigenvalue weighted by atomic mass is 19.4. The topological polar surface area (TPSA) is 42.2 Å². The van der Waals surface area contributed by atoms with Crippen LogP contribution in [0.2, 0.25) is 0 Å². The molecule has 3 aromatic rings. The van der Waals surface area contributed by atoms with Gasteiger partial charge in [0.2, 0.25) is 11.7 Å². The van der Waals surface area contributed by atoms with Crippen molar-refractivity contribution in [2.75, 3.05) is 11.4 Å². The lowest BCUT2D eigenvalue weighted by Crippen LogP contribution is -2.19. The molecule has 1 aromatic heterocycles. The summed E-state index contributed by atoms with van der Waals surface area (Å²) >= 11 is 0. The van der Waals surface area contributed by atoms with Crippen molar-refractivity contribution < 1.29 is 22.1 Å². The van der Waals surface area contributed by atoms with Crippen molar-refractivity contribution in [1.29, 1.82) is 0 Å².